The summed E-state index contributed by atoms with van der Waals surface area (Å²) < 4.78 is 45.8. The van der Waals surface area contributed by atoms with Crippen molar-refractivity contribution in [1.82, 2.24) is 9.78 Å². The van der Waals surface area contributed by atoms with Gasteiger partial charge in [0, 0.05) is 12.6 Å². The summed E-state index contributed by atoms with van der Waals surface area (Å²) in [5.41, 5.74) is -1.89. The van der Waals surface area contributed by atoms with E-state index in [1.807, 2.05) is 0 Å². The van der Waals surface area contributed by atoms with Gasteiger partial charge in [-0.1, -0.05) is 18.2 Å². The maximum absolute atomic E-state index is 13.1. The summed E-state index contributed by atoms with van der Waals surface area (Å²) in [6.07, 6.45) is -3.84. The number of hydrogen-bond donors (Lipinski definition) is 1. The molecule has 0 spiro atoms. The molecule has 0 aliphatic carbocycles. The van der Waals surface area contributed by atoms with E-state index in [1.54, 1.807) is 30.3 Å². The molecule has 0 atom stereocenters. The molecule has 0 saturated heterocycles. The van der Waals surface area contributed by atoms with Crippen LogP contribution in [0.4, 0.5) is 13.2 Å². The van der Waals surface area contributed by atoms with Gasteiger partial charge >= 0.3 is 12.1 Å². The fraction of sp³-hybridized carbons (Fsp3) is 0.200. The summed E-state index contributed by atoms with van der Waals surface area (Å²) in [5.74, 6) is -1.20. The van der Waals surface area contributed by atoms with Gasteiger partial charge in [-0.05, 0) is 25.1 Å². The zero-order chi connectivity index (χ0) is 17.2. The van der Waals surface area contributed by atoms with E-state index in [0.717, 1.165) is 10.8 Å². The van der Waals surface area contributed by atoms with Crippen molar-refractivity contribution in [3.8, 4) is 11.6 Å². The Labute approximate surface area is 129 Å². The molecule has 2 aromatic rings. The first-order valence-corrected chi connectivity index (χ1v) is 6.49. The van der Waals surface area contributed by atoms with Gasteiger partial charge < -0.3 is 9.84 Å². The molecule has 0 radical (unpaired) electrons. The van der Waals surface area contributed by atoms with E-state index in [9.17, 15) is 18.0 Å². The predicted molar refractivity (Wildman–Crippen MR) is 76.0 cm³/mol. The third-order valence-electron chi connectivity index (χ3n) is 2.95. The number of alkyl halides is 3. The first kappa shape index (κ1) is 16.6. The molecule has 5 nitrogen and oxygen atoms in total. The summed E-state index contributed by atoms with van der Waals surface area (Å²) in [4.78, 5) is 10.9. The molecule has 1 N–H and O–H groups in total. The third-order valence-corrected chi connectivity index (χ3v) is 2.95. The van der Waals surface area contributed by atoms with Gasteiger partial charge in [0.15, 0.2) is 5.69 Å². The predicted octanol–water partition coefficient (Wildman–Crippen LogP) is 3.72. The van der Waals surface area contributed by atoms with E-state index < -0.39 is 23.4 Å². The number of aryl methyl sites for hydroxylation is 1. The van der Waals surface area contributed by atoms with Crippen LogP contribution in [0, 0.1) is 0 Å². The molecule has 0 aliphatic rings. The van der Waals surface area contributed by atoms with Crippen LogP contribution in [0.5, 0.6) is 11.6 Å². The average molecular weight is 326 g/mol. The minimum Gasteiger partial charge on any atom is -0.478 e. The molecule has 0 amide bonds. The van der Waals surface area contributed by atoms with Crippen LogP contribution in [0.25, 0.3) is 6.08 Å². The van der Waals surface area contributed by atoms with E-state index in [2.05, 4.69) is 5.10 Å². The number of aliphatic carboxylic acids is 1. The second-order valence-electron chi connectivity index (χ2n) is 4.74. The highest BCUT2D eigenvalue weighted by Crippen LogP contribution is 2.38. The Morgan fingerprint density at radius 1 is 1.30 bits per heavy atom. The molecule has 0 saturated carbocycles. The standard InChI is InChI=1S/C15H13F3N2O3/c1-9(14(21)22)8-11-12(15(16,17)18)19-20(2)13(11)23-10-6-4-3-5-7-10/h3-8H,1-2H3,(H,21,22)/b9-8+. The van der Waals surface area contributed by atoms with Crippen molar-refractivity contribution in [2.75, 3.05) is 0 Å². The lowest BCUT2D eigenvalue weighted by atomic mass is 10.1. The lowest BCUT2D eigenvalue weighted by Crippen LogP contribution is -2.08. The number of rotatable bonds is 4. The van der Waals surface area contributed by atoms with Crippen molar-refractivity contribution in [1.29, 1.82) is 0 Å². The SMILES string of the molecule is C/C(=C\c1c(C(F)(F)F)nn(C)c1Oc1ccccc1)C(=O)O. The molecule has 1 aromatic carbocycles. The Morgan fingerprint density at radius 3 is 2.43 bits per heavy atom. The number of aromatic nitrogens is 2. The summed E-state index contributed by atoms with van der Waals surface area (Å²) in [7, 11) is 1.29. The van der Waals surface area contributed by atoms with Crippen LogP contribution in [0.2, 0.25) is 0 Å². The highest BCUT2D eigenvalue weighted by atomic mass is 19.4. The van der Waals surface area contributed by atoms with Crippen molar-refractivity contribution in [2.24, 2.45) is 7.05 Å². The molecule has 0 unspecified atom stereocenters. The topological polar surface area (TPSA) is 64.4 Å². The zero-order valence-electron chi connectivity index (χ0n) is 12.3. The molecule has 1 aromatic heterocycles. The number of nitrogens with zero attached hydrogens (tertiary/aromatic N) is 2. The highest BCUT2D eigenvalue weighted by Gasteiger charge is 2.39. The minimum atomic E-state index is -4.74. The molecular formula is C15H13F3N2O3. The monoisotopic (exact) mass is 326 g/mol. The molecule has 1 heterocycles. The molecule has 0 bridgehead atoms. The third kappa shape index (κ3) is 3.71. The second kappa shape index (κ2) is 6.15. The van der Waals surface area contributed by atoms with E-state index in [-0.39, 0.29) is 11.5 Å². The van der Waals surface area contributed by atoms with Gasteiger partial charge in [-0.3, -0.25) is 0 Å². The first-order valence-electron chi connectivity index (χ1n) is 6.49. The normalized spacial score (nSPS) is 12.3. The molecule has 23 heavy (non-hydrogen) atoms. The quantitative estimate of drug-likeness (QED) is 0.870. The number of carboxylic acids is 1. The molecule has 0 aliphatic heterocycles. The number of hydrogen-bond acceptors (Lipinski definition) is 3. The van der Waals surface area contributed by atoms with E-state index in [4.69, 9.17) is 9.84 Å². The van der Waals surface area contributed by atoms with Gasteiger partial charge in [-0.25, -0.2) is 9.48 Å². The Hall–Kier alpha value is -2.77. The second-order valence-corrected chi connectivity index (χ2v) is 4.74. The summed E-state index contributed by atoms with van der Waals surface area (Å²) >= 11 is 0. The molecule has 122 valence electrons. The smallest absolute Gasteiger partial charge is 0.435 e. The summed E-state index contributed by atoms with van der Waals surface area (Å²) in [6, 6.07) is 8.19. The maximum Gasteiger partial charge on any atom is 0.435 e. The van der Waals surface area contributed by atoms with Crippen LogP contribution in [0.15, 0.2) is 35.9 Å². The van der Waals surface area contributed by atoms with Crippen molar-refractivity contribution in [3.05, 3.63) is 47.2 Å². The van der Waals surface area contributed by atoms with Gasteiger partial charge in [0.2, 0.25) is 5.88 Å². The van der Waals surface area contributed by atoms with Crippen molar-refractivity contribution >= 4 is 12.0 Å². The maximum atomic E-state index is 13.1. The number of carboxylic acid groups (broad SMARTS) is 1. The largest absolute Gasteiger partial charge is 0.478 e. The summed E-state index contributed by atoms with van der Waals surface area (Å²) in [5, 5.41) is 12.3. The van der Waals surface area contributed by atoms with Crippen molar-refractivity contribution < 1.29 is 27.8 Å². The lowest BCUT2D eigenvalue weighted by Gasteiger charge is -2.08. The van der Waals surface area contributed by atoms with E-state index in [0.29, 0.717) is 5.75 Å². The van der Waals surface area contributed by atoms with Gasteiger partial charge in [-0.15, -0.1) is 0 Å². The van der Waals surface area contributed by atoms with Gasteiger partial charge in [0.05, 0.1) is 5.56 Å². The number of benzene rings is 1. The van der Waals surface area contributed by atoms with Gasteiger partial charge in [-0.2, -0.15) is 18.3 Å². The van der Waals surface area contributed by atoms with E-state index >= 15 is 0 Å². The summed E-state index contributed by atoms with van der Waals surface area (Å²) in [6.45, 7) is 1.20. The van der Waals surface area contributed by atoms with Crippen LogP contribution in [-0.4, -0.2) is 20.9 Å². The molecule has 2 rings (SSSR count). The van der Waals surface area contributed by atoms with Crippen molar-refractivity contribution in [3.63, 3.8) is 0 Å². The van der Waals surface area contributed by atoms with E-state index in [1.165, 1.54) is 14.0 Å². The number of carbonyl (C=O) groups is 1. The van der Waals surface area contributed by atoms with Crippen LogP contribution in [-0.2, 0) is 18.0 Å². The van der Waals surface area contributed by atoms with Gasteiger partial charge in [0.1, 0.15) is 5.75 Å². The van der Waals surface area contributed by atoms with Crippen LogP contribution in [0.3, 0.4) is 0 Å². The molecule has 0 fully saturated rings. The Morgan fingerprint density at radius 2 is 1.91 bits per heavy atom. The van der Waals surface area contributed by atoms with Crippen LogP contribution >= 0.6 is 0 Å². The van der Waals surface area contributed by atoms with Gasteiger partial charge in [0.25, 0.3) is 0 Å². The fourth-order valence-electron chi connectivity index (χ4n) is 1.86. The Bertz CT molecular complexity index is 749. The first-order chi connectivity index (χ1) is 10.7. The number of ether oxygens (including phenoxy) is 1. The zero-order valence-corrected chi connectivity index (χ0v) is 12.3. The average Bonchev–Trinajstić information content (AvgIpc) is 2.77. The Kier molecular flexibility index (Phi) is 4.44. The number of halogens is 3. The van der Waals surface area contributed by atoms with Crippen molar-refractivity contribution in [2.45, 2.75) is 13.1 Å². The molecular weight excluding hydrogens is 313 g/mol. The fourth-order valence-corrected chi connectivity index (χ4v) is 1.86. The molecule has 8 heteroatoms. The Balaban J connectivity index is 2.59. The van der Waals surface area contributed by atoms with Crippen LogP contribution in [0.1, 0.15) is 18.2 Å². The minimum absolute atomic E-state index is 0.191. The number of para-hydroxylation sites is 1. The van der Waals surface area contributed by atoms with Crippen LogP contribution < -0.4 is 4.74 Å². The highest BCUT2D eigenvalue weighted by molar-refractivity contribution is 5.92. The lowest BCUT2D eigenvalue weighted by molar-refractivity contribution is -0.141.